The Bertz CT molecular complexity index is 771. The topological polar surface area (TPSA) is 55.1 Å². The number of anilines is 1. The lowest BCUT2D eigenvalue weighted by molar-refractivity contribution is 0.379. The SMILES string of the molecule is CSC1(CNc2ccc3nnc(-c4ccsc4)n3n2)CCC1. The molecule has 1 fully saturated rings. The van der Waals surface area contributed by atoms with Gasteiger partial charge in [0.1, 0.15) is 5.82 Å². The molecule has 3 heterocycles. The van der Waals surface area contributed by atoms with Crippen molar-refractivity contribution >= 4 is 34.6 Å². The number of nitrogens with one attached hydrogen (secondary N) is 1. The molecule has 0 atom stereocenters. The third kappa shape index (κ3) is 2.38. The van der Waals surface area contributed by atoms with Crippen molar-refractivity contribution in [2.75, 3.05) is 18.1 Å². The minimum Gasteiger partial charge on any atom is -0.367 e. The summed E-state index contributed by atoms with van der Waals surface area (Å²) in [6, 6.07) is 5.98. The Kier molecular flexibility index (Phi) is 3.54. The molecule has 1 aliphatic carbocycles. The maximum atomic E-state index is 4.66. The van der Waals surface area contributed by atoms with Crippen LogP contribution in [0.15, 0.2) is 29.0 Å². The first kappa shape index (κ1) is 14.0. The Morgan fingerprint density at radius 3 is 2.91 bits per heavy atom. The van der Waals surface area contributed by atoms with Crippen molar-refractivity contribution in [3.63, 3.8) is 0 Å². The summed E-state index contributed by atoms with van der Waals surface area (Å²) in [4.78, 5) is 0. The Balaban J connectivity index is 1.61. The summed E-state index contributed by atoms with van der Waals surface area (Å²) in [6.07, 6.45) is 6.11. The van der Waals surface area contributed by atoms with Crippen LogP contribution in [0.2, 0.25) is 0 Å². The van der Waals surface area contributed by atoms with Crippen molar-refractivity contribution in [2.24, 2.45) is 0 Å². The predicted octanol–water partition coefficient (Wildman–Crippen LogP) is 3.55. The molecule has 0 unspecified atom stereocenters. The fraction of sp³-hybridized carbons (Fsp3) is 0.400. The van der Waals surface area contributed by atoms with E-state index in [1.165, 1.54) is 19.3 Å². The van der Waals surface area contributed by atoms with Gasteiger partial charge in [0.15, 0.2) is 11.5 Å². The highest BCUT2D eigenvalue weighted by Crippen LogP contribution is 2.42. The van der Waals surface area contributed by atoms with Crippen LogP contribution in [-0.4, -0.2) is 37.4 Å². The smallest absolute Gasteiger partial charge is 0.186 e. The van der Waals surface area contributed by atoms with Crippen molar-refractivity contribution in [2.45, 2.75) is 24.0 Å². The van der Waals surface area contributed by atoms with E-state index in [4.69, 9.17) is 0 Å². The highest BCUT2D eigenvalue weighted by Gasteiger charge is 2.35. The van der Waals surface area contributed by atoms with E-state index in [9.17, 15) is 0 Å². The van der Waals surface area contributed by atoms with Crippen LogP contribution in [0, 0.1) is 0 Å². The average molecular weight is 331 g/mol. The van der Waals surface area contributed by atoms with Gasteiger partial charge in [0.05, 0.1) is 0 Å². The Morgan fingerprint density at radius 1 is 1.32 bits per heavy atom. The lowest BCUT2D eigenvalue weighted by Gasteiger charge is -2.40. The molecule has 0 radical (unpaired) electrons. The molecule has 4 rings (SSSR count). The first-order valence-corrected chi connectivity index (χ1v) is 9.50. The molecule has 0 saturated heterocycles. The number of thioether (sulfide) groups is 1. The molecule has 3 aromatic rings. The van der Waals surface area contributed by atoms with E-state index in [0.717, 1.165) is 29.4 Å². The van der Waals surface area contributed by atoms with Gasteiger partial charge in [0.25, 0.3) is 0 Å². The fourth-order valence-corrected chi connectivity index (χ4v) is 4.28. The number of nitrogens with zero attached hydrogens (tertiary/aromatic N) is 4. The minimum atomic E-state index is 0.389. The summed E-state index contributed by atoms with van der Waals surface area (Å²) in [5, 5.41) is 20.7. The lowest BCUT2D eigenvalue weighted by atomic mass is 9.84. The number of aromatic nitrogens is 4. The summed E-state index contributed by atoms with van der Waals surface area (Å²) in [5.41, 5.74) is 1.83. The van der Waals surface area contributed by atoms with Crippen LogP contribution < -0.4 is 5.32 Å². The van der Waals surface area contributed by atoms with E-state index in [2.05, 4.69) is 32.2 Å². The molecule has 7 heteroatoms. The van der Waals surface area contributed by atoms with E-state index in [1.807, 2.05) is 39.9 Å². The number of rotatable bonds is 5. The van der Waals surface area contributed by atoms with Gasteiger partial charge < -0.3 is 5.32 Å². The second-order valence-electron chi connectivity index (χ2n) is 5.62. The maximum Gasteiger partial charge on any atom is 0.186 e. The predicted molar refractivity (Wildman–Crippen MR) is 92.7 cm³/mol. The van der Waals surface area contributed by atoms with Crippen LogP contribution in [0.3, 0.4) is 0 Å². The van der Waals surface area contributed by atoms with E-state index >= 15 is 0 Å². The molecule has 0 aromatic carbocycles. The third-order valence-electron chi connectivity index (χ3n) is 4.33. The van der Waals surface area contributed by atoms with Gasteiger partial charge in [-0.3, -0.25) is 0 Å². The summed E-state index contributed by atoms with van der Waals surface area (Å²) in [7, 11) is 0. The van der Waals surface area contributed by atoms with Crippen LogP contribution in [0.25, 0.3) is 17.0 Å². The van der Waals surface area contributed by atoms with Gasteiger partial charge >= 0.3 is 0 Å². The number of thiophene rings is 1. The van der Waals surface area contributed by atoms with Crippen molar-refractivity contribution in [1.29, 1.82) is 0 Å². The molecular formula is C15H17N5S2. The van der Waals surface area contributed by atoms with Crippen LogP contribution in [-0.2, 0) is 0 Å². The zero-order valence-electron chi connectivity index (χ0n) is 12.3. The standard InChI is InChI=1S/C15H17N5S2/c1-21-15(6-2-7-15)10-16-12-3-4-13-17-18-14(20(13)19-12)11-5-8-22-9-11/h3-5,8-9H,2,6-7,10H2,1H3,(H,16,19). The van der Waals surface area contributed by atoms with Gasteiger partial charge in [-0.15, -0.1) is 15.3 Å². The molecule has 1 N–H and O–H groups in total. The Labute approximate surface area is 137 Å². The normalized spacial score (nSPS) is 16.6. The van der Waals surface area contributed by atoms with Gasteiger partial charge in [-0.1, -0.05) is 6.42 Å². The van der Waals surface area contributed by atoms with Crippen molar-refractivity contribution in [3.05, 3.63) is 29.0 Å². The average Bonchev–Trinajstić information content (AvgIpc) is 3.15. The number of hydrogen-bond acceptors (Lipinski definition) is 6. The molecule has 0 aliphatic heterocycles. The van der Waals surface area contributed by atoms with Crippen molar-refractivity contribution in [3.8, 4) is 11.4 Å². The van der Waals surface area contributed by atoms with Gasteiger partial charge in [-0.25, -0.2) is 0 Å². The fourth-order valence-electron chi connectivity index (χ4n) is 2.73. The largest absolute Gasteiger partial charge is 0.367 e. The van der Waals surface area contributed by atoms with Crippen LogP contribution in [0.5, 0.6) is 0 Å². The van der Waals surface area contributed by atoms with E-state index in [-0.39, 0.29) is 0 Å². The molecule has 3 aromatic heterocycles. The van der Waals surface area contributed by atoms with Crippen molar-refractivity contribution in [1.82, 2.24) is 19.8 Å². The first-order valence-electron chi connectivity index (χ1n) is 7.34. The third-order valence-corrected chi connectivity index (χ3v) is 6.43. The molecular weight excluding hydrogens is 314 g/mol. The summed E-state index contributed by atoms with van der Waals surface area (Å²) in [5.74, 6) is 1.67. The summed E-state index contributed by atoms with van der Waals surface area (Å²) < 4.78 is 2.21. The molecule has 0 bridgehead atoms. The highest BCUT2D eigenvalue weighted by atomic mass is 32.2. The van der Waals surface area contributed by atoms with Gasteiger partial charge in [0.2, 0.25) is 0 Å². The zero-order chi connectivity index (χ0) is 15.0. The van der Waals surface area contributed by atoms with Gasteiger partial charge in [0, 0.05) is 22.2 Å². The second-order valence-corrected chi connectivity index (χ2v) is 7.67. The number of fused-ring (bicyclic) bond motifs is 1. The molecule has 114 valence electrons. The molecule has 22 heavy (non-hydrogen) atoms. The van der Waals surface area contributed by atoms with E-state index in [0.29, 0.717) is 4.75 Å². The highest BCUT2D eigenvalue weighted by molar-refractivity contribution is 8.00. The molecule has 1 saturated carbocycles. The molecule has 0 spiro atoms. The summed E-state index contributed by atoms with van der Waals surface area (Å²) in [6.45, 7) is 0.961. The zero-order valence-corrected chi connectivity index (χ0v) is 14.0. The van der Waals surface area contributed by atoms with Crippen LogP contribution in [0.4, 0.5) is 5.82 Å². The van der Waals surface area contributed by atoms with Gasteiger partial charge in [-0.2, -0.15) is 27.6 Å². The first-order chi connectivity index (χ1) is 10.8. The second kappa shape index (κ2) is 5.55. The maximum absolute atomic E-state index is 4.66. The number of hydrogen-bond donors (Lipinski definition) is 1. The van der Waals surface area contributed by atoms with Crippen molar-refractivity contribution < 1.29 is 0 Å². The van der Waals surface area contributed by atoms with E-state index in [1.54, 1.807) is 11.3 Å². The van der Waals surface area contributed by atoms with Gasteiger partial charge in [-0.05, 0) is 42.7 Å². The van der Waals surface area contributed by atoms with Crippen LogP contribution in [0.1, 0.15) is 19.3 Å². The van der Waals surface area contributed by atoms with Crippen LogP contribution >= 0.6 is 23.1 Å². The summed E-state index contributed by atoms with van der Waals surface area (Å²) >= 11 is 3.61. The molecule has 1 aliphatic rings. The monoisotopic (exact) mass is 331 g/mol. The van der Waals surface area contributed by atoms with E-state index < -0.39 is 0 Å². The Morgan fingerprint density at radius 2 is 2.23 bits per heavy atom. The Hall–Kier alpha value is -1.60. The molecule has 0 amide bonds. The minimum absolute atomic E-state index is 0.389. The lowest BCUT2D eigenvalue weighted by Crippen LogP contribution is -2.40. The molecule has 5 nitrogen and oxygen atoms in total. The quantitative estimate of drug-likeness (QED) is 0.775.